The number of alkyl halides is 3. The van der Waals surface area contributed by atoms with Crippen LogP contribution in [0.15, 0.2) is 36.5 Å². The Bertz CT molecular complexity index is 968. The summed E-state index contributed by atoms with van der Waals surface area (Å²) in [7, 11) is -3.46. The Morgan fingerprint density at radius 2 is 1.82 bits per heavy atom. The first-order valence-electron chi connectivity index (χ1n) is 7.77. The second-order valence-corrected chi connectivity index (χ2v) is 7.59. The van der Waals surface area contributed by atoms with Crippen molar-refractivity contribution >= 4 is 27.5 Å². The van der Waals surface area contributed by atoms with Crippen molar-refractivity contribution in [2.75, 3.05) is 11.0 Å². The van der Waals surface area contributed by atoms with E-state index in [1.807, 2.05) is 0 Å². The highest BCUT2D eigenvalue weighted by atomic mass is 32.2. The summed E-state index contributed by atoms with van der Waals surface area (Å²) >= 11 is 0. The number of ketones is 1. The summed E-state index contributed by atoms with van der Waals surface area (Å²) < 4.78 is 67.7. The summed E-state index contributed by atoms with van der Waals surface area (Å²) in [6.45, 7) is 0.720. The van der Waals surface area contributed by atoms with Gasteiger partial charge >= 0.3 is 12.1 Å². The van der Waals surface area contributed by atoms with Gasteiger partial charge in [-0.2, -0.15) is 18.3 Å². The Balaban J connectivity index is 1.96. The zero-order valence-corrected chi connectivity index (χ0v) is 15.5. The normalized spacial score (nSPS) is 13.0. The van der Waals surface area contributed by atoms with E-state index in [4.69, 9.17) is 4.74 Å². The number of Topliss-reactive ketones (excluding diaryl/α,β-unsaturated/α-hetero) is 1. The summed E-state index contributed by atoms with van der Waals surface area (Å²) in [4.78, 5) is 24.1. The lowest BCUT2D eigenvalue weighted by atomic mass is 10.1. The molecule has 1 unspecified atom stereocenters. The van der Waals surface area contributed by atoms with Gasteiger partial charge in [-0.15, -0.1) is 0 Å². The molecule has 1 aromatic carbocycles. The number of aromatic nitrogens is 2. The average molecular weight is 419 g/mol. The van der Waals surface area contributed by atoms with E-state index in [0.717, 1.165) is 17.1 Å². The topological polar surface area (TPSA) is 107 Å². The number of rotatable bonds is 7. The number of carbonyl (C=O) groups excluding carboxylic acids is 2. The molecule has 0 saturated carbocycles. The number of halogens is 3. The molecule has 0 aliphatic heterocycles. The number of sulfonamides is 1. The molecule has 1 heterocycles. The Morgan fingerprint density at radius 1 is 1.21 bits per heavy atom. The number of nitrogens with zero attached hydrogens (tertiary/aromatic N) is 2. The minimum absolute atomic E-state index is 0.165. The first-order valence-corrected chi connectivity index (χ1v) is 9.66. The molecule has 0 fully saturated rings. The molecule has 0 aliphatic rings. The van der Waals surface area contributed by atoms with Crippen LogP contribution in [0.5, 0.6) is 0 Å². The van der Waals surface area contributed by atoms with E-state index in [0.29, 0.717) is 6.07 Å². The van der Waals surface area contributed by atoms with Crippen molar-refractivity contribution in [2.45, 2.75) is 25.7 Å². The largest absolute Gasteiger partial charge is 0.453 e. The van der Waals surface area contributed by atoms with Crippen LogP contribution in [0, 0.1) is 0 Å². The molecule has 1 aromatic heterocycles. The fraction of sp³-hybridized carbons (Fsp3) is 0.312. The minimum atomic E-state index is -4.63. The monoisotopic (exact) mass is 419 g/mol. The minimum Gasteiger partial charge on any atom is -0.453 e. The lowest BCUT2D eigenvalue weighted by Crippen LogP contribution is -2.26. The van der Waals surface area contributed by atoms with E-state index in [1.165, 1.54) is 31.2 Å². The summed E-state index contributed by atoms with van der Waals surface area (Å²) in [6, 6.07) is 6.15. The van der Waals surface area contributed by atoms with Crippen molar-refractivity contribution in [3.8, 4) is 0 Å². The Hall–Kier alpha value is -2.89. The fourth-order valence-electron chi connectivity index (χ4n) is 2.17. The van der Waals surface area contributed by atoms with Crippen LogP contribution in [0.4, 0.5) is 18.9 Å². The van der Waals surface area contributed by atoms with Crippen LogP contribution in [0.2, 0.25) is 0 Å². The maximum absolute atomic E-state index is 12.5. The van der Waals surface area contributed by atoms with Crippen LogP contribution in [-0.4, -0.2) is 42.3 Å². The van der Waals surface area contributed by atoms with E-state index in [-0.39, 0.29) is 11.3 Å². The van der Waals surface area contributed by atoms with Gasteiger partial charge in [0.1, 0.15) is 6.54 Å². The molecule has 2 rings (SSSR count). The third-order valence-electron chi connectivity index (χ3n) is 3.37. The van der Waals surface area contributed by atoms with E-state index in [2.05, 4.69) is 9.82 Å². The first-order chi connectivity index (χ1) is 12.8. The highest BCUT2D eigenvalue weighted by Crippen LogP contribution is 2.27. The molecule has 0 radical (unpaired) electrons. The standard InChI is InChI=1S/C16H16F3N3O5S/c1-10(15(24)11-3-5-12(6-4-11)21-28(2,25)26)27-14(23)9-22-8-7-13(20-22)16(17,18)19/h3-8,10,21H,9H2,1-2H3. The molecule has 0 spiro atoms. The number of anilines is 1. The van der Waals surface area contributed by atoms with Gasteiger partial charge in [-0.3, -0.25) is 19.0 Å². The van der Waals surface area contributed by atoms with Crippen molar-refractivity contribution in [3.05, 3.63) is 47.8 Å². The number of ether oxygens (including phenoxy) is 1. The van der Waals surface area contributed by atoms with Crippen LogP contribution in [0.1, 0.15) is 23.0 Å². The molecular formula is C16H16F3N3O5S. The van der Waals surface area contributed by atoms with Gasteiger partial charge in [0, 0.05) is 17.4 Å². The highest BCUT2D eigenvalue weighted by molar-refractivity contribution is 7.92. The zero-order chi connectivity index (χ0) is 21.1. The van der Waals surface area contributed by atoms with Crippen LogP contribution in [0.3, 0.4) is 0 Å². The van der Waals surface area contributed by atoms with Gasteiger partial charge in [-0.25, -0.2) is 8.42 Å². The summed E-state index contributed by atoms with van der Waals surface area (Å²) in [5.74, 6) is -1.50. The quantitative estimate of drug-likeness (QED) is 0.544. The summed E-state index contributed by atoms with van der Waals surface area (Å²) in [5.41, 5.74) is -0.729. The predicted molar refractivity (Wildman–Crippen MR) is 92.0 cm³/mol. The second kappa shape index (κ2) is 8.00. The molecule has 2 aromatic rings. The highest BCUT2D eigenvalue weighted by Gasteiger charge is 2.33. The molecule has 1 atom stereocenters. The molecule has 0 amide bonds. The Kier molecular flexibility index (Phi) is 6.12. The molecule has 8 nitrogen and oxygen atoms in total. The first kappa shape index (κ1) is 21.4. The average Bonchev–Trinajstić information content (AvgIpc) is 3.02. The lowest BCUT2D eigenvalue weighted by molar-refractivity contribution is -0.148. The van der Waals surface area contributed by atoms with E-state index in [1.54, 1.807) is 0 Å². The van der Waals surface area contributed by atoms with Crippen LogP contribution >= 0.6 is 0 Å². The SMILES string of the molecule is CC(OC(=O)Cn1ccc(C(F)(F)F)n1)C(=O)c1ccc(NS(C)(=O)=O)cc1. The molecule has 12 heteroatoms. The lowest BCUT2D eigenvalue weighted by Gasteiger charge is -2.13. The van der Waals surface area contributed by atoms with Gasteiger partial charge < -0.3 is 4.74 Å². The maximum atomic E-state index is 12.5. The van der Waals surface area contributed by atoms with Crippen LogP contribution in [0.25, 0.3) is 0 Å². The maximum Gasteiger partial charge on any atom is 0.435 e. The molecular weight excluding hydrogens is 403 g/mol. The smallest absolute Gasteiger partial charge is 0.435 e. The molecule has 28 heavy (non-hydrogen) atoms. The summed E-state index contributed by atoms with van der Waals surface area (Å²) in [6.07, 6.45) is -3.87. The number of hydrogen-bond donors (Lipinski definition) is 1. The third-order valence-corrected chi connectivity index (χ3v) is 3.98. The van der Waals surface area contributed by atoms with E-state index < -0.39 is 46.3 Å². The van der Waals surface area contributed by atoms with E-state index in [9.17, 15) is 31.2 Å². The zero-order valence-electron chi connectivity index (χ0n) is 14.7. The molecule has 152 valence electrons. The molecule has 1 N–H and O–H groups in total. The van der Waals surface area contributed by atoms with Gasteiger partial charge in [0.15, 0.2) is 11.8 Å². The molecule has 0 saturated heterocycles. The summed E-state index contributed by atoms with van der Waals surface area (Å²) in [5, 5.41) is 3.22. The Morgan fingerprint density at radius 3 is 2.32 bits per heavy atom. The van der Waals surface area contributed by atoms with Crippen molar-refractivity contribution < 1.29 is 35.9 Å². The molecule has 0 bridgehead atoms. The van der Waals surface area contributed by atoms with Crippen LogP contribution in [-0.2, 0) is 32.3 Å². The fourth-order valence-corrected chi connectivity index (χ4v) is 2.74. The number of benzene rings is 1. The third kappa shape index (κ3) is 6.08. The van der Waals surface area contributed by atoms with Gasteiger partial charge in [0.25, 0.3) is 0 Å². The number of nitrogens with one attached hydrogen (secondary N) is 1. The molecule has 0 aliphatic carbocycles. The van der Waals surface area contributed by atoms with Gasteiger partial charge in [0.05, 0.1) is 6.26 Å². The van der Waals surface area contributed by atoms with Crippen molar-refractivity contribution in [1.82, 2.24) is 9.78 Å². The Labute approximate surface area is 158 Å². The number of hydrogen-bond acceptors (Lipinski definition) is 6. The second-order valence-electron chi connectivity index (χ2n) is 5.84. The van der Waals surface area contributed by atoms with Crippen LogP contribution < -0.4 is 4.72 Å². The van der Waals surface area contributed by atoms with Gasteiger partial charge in [-0.1, -0.05) is 0 Å². The number of carbonyl (C=O) groups is 2. The van der Waals surface area contributed by atoms with Crippen molar-refractivity contribution in [1.29, 1.82) is 0 Å². The van der Waals surface area contributed by atoms with Gasteiger partial charge in [0.2, 0.25) is 15.8 Å². The van der Waals surface area contributed by atoms with Gasteiger partial charge in [-0.05, 0) is 37.3 Å². The predicted octanol–water partition coefficient (Wildman–Crippen LogP) is 2.09. The van der Waals surface area contributed by atoms with Crippen molar-refractivity contribution in [2.24, 2.45) is 0 Å². The number of esters is 1. The van der Waals surface area contributed by atoms with Crippen molar-refractivity contribution in [3.63, 3.8) is 0 Å². The van der Waals surface area contributed by atoms with E-state index >= 15 is 0 Å².